The minimum atomic E-state index is -0.772. The fourth-order valence-electron chi connectivity index (χ4n) is 2.66. The van der Waals surface area contributed by atoms with Crippen LogP contribution in [0.4, 0.5) is 0 Å². The summed E-state index contributed by atoms with van der Waals surface area (Å²) < 4.78 is 5.60. The van der Waals surface area contributed by atoms with E-state index in [9.17, 15) is 4.79 Å². The van der Waals surface area contributed by atoms with Crippen molar-refractivity contribution in [2.45, 2.75) is 31.8 Å². The third-order valence-corrected chi connectivity index (χ3v) is 4.98. The van der Waals surface area contributed by atoms with Gasteiger partial charge in [-0.15, -0.1) is 0 Å². The number of carbonyl (C=O) groups is 1. The number of aliphatic carboxylic acids is 1. The number of carboxylic acid groups (broad SMARTS) is 1. The molecule has 1 unspecified atom stereocenters. The van der Waals surface area contributed by atoms with E-state index in [4.69, 9.17) is 9.84 Å². The Morgan fingerprint density at radius 3 is 2.72 bits per heavy atom. The molecule has 2 saturated heterocycles. The molecule has 0 aliphatic carbocycles. The van der Waals surface area contributed by atoms with E-state index in [0.29, 0.717) is 6.61 Å². The first-order chi connectivity index (χ1) is 8.74. The lowest BCUT2D eigenvalue weighted by molar-refractivity contribution is -0.138. The highest BCUT2D eigenvalue weighted by Crippen LogP contribution is 2.25. The zero-order valence-corrected chi connectivity index (χ0v) is 11.7. The molecule has 0 aromatic carbocycles. The Kier molecular flexibility index (Phi) is 5.79. The van der Waals surface area contributed by atoms with Crippen LogP contribution in [0.2, 0.25) is 0 Å². The summed E-state index contributed by atoms with van der Waals surface area (Å²) in [5, 5.41) is 8.55. The van der Waals surface area contributed by atoms with Gasteiger partial charge in [-0.3, -0.25) is 4.79 Å². The topological polar surface area (TPSA) is 49.8 Å². The first-order valence-corrected chi connectivity index (χ1v) is 8.03. The number of thioether (sulfide) groups is 1. The predicted octanol–water partition coefficient (Wildman–Crippen LogP) is 1.70. The average molecular weight is 273 g/mol. The number of hydrogen-bond donors (Lipinski definition) is 1. The van der Waals surface area contributed by atoms with Crippen LogP contribution < -0.4 is 0 Å². The lowest BCUT2D eigenvalue weighted by atomic mass is 10.0. The average Bonchev–Trinajstić information content (AvgIpc) is 2.84. The lowest BCUT2D eigenvalue weighted by Crippen LogP contribution is -2.39. The number of rotatable bonds is 6. The van der Waals surface area contributed by atoms with E-state index < -0.39 is 5.97 Å². The Hall–Kier alpha value is -0.260. The monoisotopic (exact) mass is 273 g/mol. The maximum Gasteiger partial charge on any atom is 0.305 e. The van der Waals surface area contributed by atoms with E-state index in [0.717, 1.165) is 31.8 Å². The number of hydrogen-bond acceptors (Lipinski definition) is 4. The Labute approximate surface area is 113 Å². The summed E-state index contributed by atoms with van der Waals surface area (Å²) in [4.78, 5) is 12.9. The molecular weight excluding hydrogens is 250 g/mol. The zero-order valence-electron chi connectivity index (χ0n) is 10.8. The van der Waals surface area contributed by atoms with Crippen molar-refractivity contribution in [3.05, 3.63) is 0 Å². The SMILES string of the molecule is O=C(O)CCOC1CCN(CC2CCSC2)CC1. The molecule has 2 aliphatic heterocycles. The van der Waals surface area contributed by atoms with Crippen LogP contribution in [-0.4, -0.2) is 59.8 Å². The number of ether oxygens (including phenoxy) is 1. The van der Waals surface area contributed by atoms with Crippen molar-refractivity contribution in [3.63, 3.8) is 0 Å². The van der Waals surface area contributed by atoms with Gasteiger partial charge in [0.25, 0.3) is 0 Å². The molecule has 0 aromatic heterocycles. The second-order valence-corrected chi connectivity index (χ2v) is 6.39. The van der Waals surface area contributed by atoms with Crippen molar-refractivity contribution >= 4 is 17.7 Å². The van der Waals surface area contributed by atoms with Gasteiger partial charge in [-0.25, -0.2) is 0 Å². The Balaban J connectivity index is 1.57. The van der Waals surface area contributed by atoms with Gasteiger partial charge < -0.3 is 14.7 Å². The van der Waals surface area contributed by atoms with E-state index >= 15 is 0 Å². The van der Waals surface area contributed by atoms with E-state index in [1.54, 1.807) is 0 Å². The number of nitrogens with zero attached hydrogens (tertiary/aromatic N) is 1. The third-order valence-electron chi connectivity index (χ3n) is 3.74. The molecule has 0 radical (unpaired) electrons. The number of carboxylic acids is 1. The summed E-state index contributed by atoms with van der Waals surface area (Å²) in [5.74, 6) is 2.78. The van der Waals surface area contributed by atoms with E-state index in [-0.39, 0.29) is 12.5 Å². The summed E-state index contributed by atoms with van der Waals surface area (Å²) in [6, 6.07) is 0. The van der Waals surface area contributed by atoms with Crippen LogP contribution in [0, 0.1) is 5.92 Å². The smallest absolute Gasteiger partial charge is 0.305 e. The molecule has 0 bridgehead atoms. The molecule has 1 N–H and O–H groups in total. The van der Waals surface area contributed by atoms with Crippen molar-refractivity contribution in [3.8, 4) is 0 Å². The minimum absolute atomic E-state index is 0.125. The summed E-state index contributed by atoms with van der Waals surface area (Å²) in [6.07, 6.45) is 3.89. The third kappa shape index (κ3) is 4.78. The lowest BCUT2D eigenvalue weighted by Gasteiger charge is -2.33. The summed E-state index contributed by atoms with van der Waals surface area (Å²) in [5.41, 5.74) is 0. The van der Waals surface area contributed by atoms with E-state index in [1.807, 2.05) is 0 Å². The van der Waals surface area contributed by atoms with Gasteiger partial charge in [0.15, 0.2) is 0 Å². The Bertz CT molecular complexity index is 261. The maximum atomic E-state index is 10.4. The molecule has 5 heteroatoms. The maximum absolute atomic E-state index is 10.4. The van der Waals surface area contributed by atoms with Crippen LogP contribution in [-0.2, 0) is 9.53 Å². The van der Waals surface area contributed by atoms with Gasteiger partial charge in [0.2, 0.25) is 0 Å². The minimum Gasteiger partial charge on any atom is -0.481 e. The molecular formula is C13H23NO3S. The fourth-order valence-corrected chi connectivity index (χ4v) is 3.94. The summed E-state index contributed by atoms with van der Waals surface area (Å²) in [6.45, 7) is 3.83. The fraction of sp³-hybridized carbons (Fsp3) is 0.923. The molecule has 2 rings (SSSR count). The van der Waals surface area contributed by atoms with Crippen molar-refractivity contribution in [1.82, 2.24) is 4.90 Å². The van der Waals surface area contributed by atoms with Gasteiger partial charge in [0.1, 0.15) is 0 Å². The molecule has 4 nitrogen and oxygen atoms in total. The van der Waals surface area contributed by atoms with Crippen LogP contribution in [0.15, 0.2) is 0 Å². The number of likely N-dealkylation sites (tertiary alicyclic amines) is 1. The molecule has 104 valence electrons. The van der Waals surface area contributed by atoms with Gasteiger partial charge in [-0.2, -0.15) is 11.8 Å². The number of piperidine rings is 1. The Morgan fingerprint density at radius 1 is 1.33 bits per heavy atom. The molecule has 2 heterocycles. The van der Waals surface area contributed by atoms with Gasteiger partial charge in [0.05, 0.1) is 19.1 Å². The van der Waals surface area contributed by atoms with Crippen LogP contribution in [0.5, 0.6) is 0 Å². The Morgan fingerprint density at radius 2 is 2.11 bits per heavy atom. The van der Waals surface area contributed by atoms with Gasteiger partial charge >= 0.3 is 5.97 Å². The predicted molar refractivity (Wildman–Crippen MR) is 73.1 cm³/mol. The summed E-state index contributed by atoms with van der Waals surface area (Å²) in [7, 11) is 0. The van der Waals surface area contributed by atoms with Gasteiger partial charge in [-0.1, -0.05) is 0 Å². The standard InChI is InChI=1S/C13H23NO3S/c15-13(16)3-7-17-12-1-5-14(6-2-12)9-11-4-8-18-10-11/h11-12H,1-10H2,(H,15,16). The first-order valence-electron chi connectivity index (χ1n) is 6.87. The highest BCUT2D eigenvalue weighted by atomic mass is 32.2. The largest absolute Gasteiger partial charge is 0.481 e. The molecule has 0 saturated carbocycles. The molecule has 0 aromatic rings. The molecule has 2 aliphatic rings. The normalized spacial score (nSPS) is 26.6. The second kappa shape index (κ2) is 7.36. The first kappa shape index (κ1) is 14.2. The molecule has 0 spiro atoms. The van der Waals surface area contributed by atoms with Crippen LogP contribution >= 0.6 is 11.8 Å². The van der Waals surface area contributed by atoms with E-state index in [2.05, 4.69) is 16.7 Å². The van der Waals surface area contributed by atoms with Crippen LogP contribution in [0.25, 0.3) is 0 Å². The van der Waals surface area contributed by atoms with Crippen molar-refractivity contribution in [1.29, 1.82) is 0 Å². The van der Waals surface area contributed by atoms with Gasteiger partial charge in [0, 0.05) is 19.6 Å². The van der Waals surface area contributed by atoms with Gasteiger partial charge in [-0.05, 0) is 36.7 Å². The highest BCUT2D eigenvalue weighted by molar-refractivity contribution is 7.99. The summed E-state index contributed by atoms with van der Waals surface area (Å²) >= 11 is 2.08. The van der Waals surface area contributed by atoms with Crippen molar-refractivity contribution in [2.24, 2.45) is 5.92 Å². The molecule has 0 amide bonds. The molecule has 1 atom stereocenters. The zero-order chi connectivity index (χ0) is 12.8. The van der Waals surface area contributed by atoms with Crippen LogP contribution in [0.1, 0.15) is 25.7 Å². The van der Waals surface area contributed by atoms with Crippen molar-refractivity contribution in [2.75, 3.05) is 37.7 Å². The van der Waals surface area contributed by atoms with E-state index in [1.165, 1.54) is 24.5 Å². The highest BCUT2D eigenvalue weighted by Gasteiger charge is 2.23. The molecule has 2 fully saturated rings. The van der Waals surface area contributed by atoms with Crippen molar-refractivity contribution < 1.29 is 14.6 Å². The quantitative estimate of drug-likeness (QED) is 0.798. The molecule has 18 heavy (non-hydrogen) atoms. The second-order valence-electron chi connectivity index (χ2n) is 5.24. The van der Waals surface area contributed by atoms with Crippen LogP contribution in [0.3, 0.4) is 0 Å².